The normalized spacial score (nSPS) is 12.0. The fourth-order valence-corrected chi connectivity index (χ4v) is 4.52. The van der Waals surface area contributed by atoms with Crippen LogP contribution in [0.2, 0.25) is 0 Å². The van der Waals surface area contributed by atoms with Gasteiger partial charge in [0.2, 0.25) is 5.91 Å². The second-order valence-electron chi connectivity index (χ2n) is 6.29. The molecule has 3 aromatic rings. The summed E-state index contributed by atoms with van der Waals surface area (Å²) in [7, 11) is 1.64. The maximum absolute atomic E-state index is 12.7. The Bertz CT molecular complexity index is 1110. The molecule has 1 aromatic carbocycles. The number of amides is 3. The van der Waals surface area contributed by atoms with E-state index in [2.05, 4.69) is 15.6 Å². The van der Waals surface area contributed by atoms with Gasteiger partial charge in [-0.1, -0.05) is 30.0 Å². The Labute approximate surface area is 170 Å². The molecule has 1 unspecified atom stereocenters. The molecular weight excluding hydrogens is 396 g/mol. The highest BCUT2D eigenvalue weighted by Gasteiger charge is 2.21. The van der Waals surface area contributed by atoms with Gasteiger partial charge in [-0.25, -0.2) is 9.78 Å². The number of thioether (sulfide) groups is 1. The van der Waals surface area contributed by atoms with Gasteiger partial charge in [-0.2, -0.15) is 0 Å². The van der Waals surface area contributed by atoms with Crippen molar-refractivity contribution in [2.75, 3.05) is 5.32 Å². The van der Waals surface area contributed by atoms with E-state index >= 15 is 0 Å². The molecule has 1 atom stereocenters. The first-order chi connectivity index (χ1) is 13.3. The Hall–Kier alpha value is -2.65. The number of aryl methyl sites for hydroxylation is 2. The zero-order chi connectivity index (χ0) is 20.4. The Morgan fingerprint density at radius 1 is 1.21 bits per heavy atom. The van der Waals surface area contributed by atoms with Crippen molar-refractivity contribution in [1.29, 1.82) is 0 Å². The largest absolute Gasteiger partial charge is 0.325 e. The molecular formula is C19H20N4O3S2. The highest BCUT2D eigenvalue weighted by atomic mass is 32.2. The molecule has 0 radical (unpaired) electrons. The maximum Gasteiger partial charge on any atom is 0.325 e. The van der Waals surface area contributed by atoms with Gasteiger partial charge in [0.25, 0.3) is 5.56 Å². The number of para-hydroxylation sites is 1. The van der Waals surface area contributed by atoms with Gasteiger partial charge in [0.15, 0.2) is 5.16 Å². The lowest BCUT2D eigenvalue weighted by Crippen LogP contribution is -2.39. The number of fused-ring (bicyclic) bond motifs is 1. The fourth-order valence-electron chi connectivity index (χ4n) is 2.57. The van der Waals surface area contributed by atoms with E-state index in [1.807, 2.05) is 19.9 Å². The van der Waals surface area contributed by atoms with E-state index in [0.29, 0.717) is 21.1 Å². The van der Waals surface area contributed by atoms with Crippen LogP contribution in [0.25, 0.3) is 10.2 Å². The highest BCUT2D eigenvalue weighted by Crippen LogP contribution is 2.29. The summed E-state index contributed by atoms with van der Waals surface area (Å²) >= 11 is 2.60. The second kappa shape index (κ2) is 8.15. The van der Waals surface area contributed by atoms with Gasteiger partial charge in [-0.3, -0.25) is 19.5 Å². The van der Waals surface area contributed by atoms with E-state index in [-0.39, 0.29) is 5.56 Å². The average Bonchev–Trinajstić information content (AvgIpc) is 2.94. The Morgan fingerprint density at radius 3 is 2.57 bits per heavy atom. The number of urea groups is 1. The number of hydrogen-bond donors (Lipinski definition) is 2. The smallest absolute Gasteiger partial charge is 0.308 e. The van der Waals surface area contributed by atoms with Crippen LogP contribution in [0.4, 0.5) is 10.5 Å². The Balaban J connectivity index is 1.72. The van der Waals surface area contributed by atoms with Gasteiger partial charge >= 0.3 is 6.03 Å². The predicted molar refractivity (Wildman–Crippen MR) is 113 cm³/mol. The van der Waals surface area contributed by atoms with Gasteiger partial charge in [-0.05, 0) is 38.5 Å². The zero-order valence-electron chi connectivity index (χ0n) is 15.9. The lowest BCUT2D eigenvalue weighted by atomic mass is 10.2. The van der Waals surface area contributed by atoms with Crippen molar-refractivity contribution in [3.8, 4) is 0 Å². The van der Waals surface area contributed by atoms with Crippen LogP contribution in [0.3, 0.4) is 0 Å². The molecule has 3 rings (SSSR count). The summed E-state index contributed by atoms with van der Waals surface area (Å²) in [5, 5.41) is 5.35. The summed E-state index contributed by atoms with van der Waals surface area (Å²) in [6, 6.07) is 8.24. The van der Waals surface area contributed by atoms with Crippen LogP contribution in [0, 0.1) is 13.8 Å². The summed E-state index contributed by atoms with van der Waals surface area (Å²) in [5.74, 6) is -0.466. The maximum atomic E-state index is 12.7. The van der Waals surface area contributed by atoms with E-state index < -0.39 is 17.2 Å². The molecule has 9 heteroatoms. The van der Waals surface area contributed by atoms with Crippen molar-refractivity contribution in [2.24, 2.45) is 7.05 Å². The van der Waals surface area contributed by atoms with Crippen LogP contribution >= 0.6 is 23.1 Å². The molecule has 7 nitrogen and oxygen atoms in total. The van der Waals surface area contributed by atoms with E-state index in [1.54, 1.807) is 38.2 Å². The number of nitrogens with one attached hydrogen (secondary N) is 2. The predicted octanol–water partition coefficient (Wildman–Crippen LogP) is 3.44. The number of rotatable bonds is 4. The SMILES string of the molecule is Cc1sc2nc(SC(C)C(=O)NC(=O)Nc3ccccc3)n(C)c(=O)c2c1C. The van der Waals surface area contributed by atoms with E-state index in [1.165, 1.54) is 15.9 Å². The van der Waals surface area contributed by atoms with Crippen LogP contribution in [0.15, 0.2) is 40.3 Å². The van der Waals surface area contributed by atoms with Gasteiger partial charge in [0.1, 0.15) is 4.83 Å². The first-order valence-corrected chi connectivity index (χ1v) is 10.3. The van der Waals surface area contributed by atoms with Crippen LogP contribution < -0.4 is 16.2 Å². The highest BCUT2D eigenvalue weighted by molar-refractivity contribution is 8.00. The summed E-state index contributed by atoms with van der Waals surface area (Å²) in [6.07, 6.45) is 0. The molecule has 2 aromatic heterocycles. The second-order valence-corrected chi connectivity index (χ2v) is 8.80. The molecule has 0 bridgehead atoms. The van der Waals surface area contributed by atoms with Crippen LogP contribution in [0.1, 0.15) is 17.4 Å². The number of nitrogens with zero attached hydrogens (tertiary/aromatic N) is 2. The lowest BCUT2D eigenvalue weighted by molar-refractivity contribution is -0.119. The first kappa shape index (κ1) is 20.1. The topological polar surface area (TPSA) is 93.1 Å². The summed E-state index contributed by atoms with van der Waals surface area (Å²) < 4.78 is 1.44. The molecule has 3 amide bonds. The van der Waals surface area contributed by atoms with Crippen molar-refractivity contribution in [3.63, 3.8) is 0 Å². The van der Waals surface area contributed by atoms with Crippen molar-refractivity contribution >= 4 is 50.9 Å². The van der Waals surface area contributed by atoms with Crippen molar-refractivity contribution in [3.05, 3.63) is 51.1 Å². The minimum absolute atomic E-state index is 0.135. The number of imide groups is 1. The molecule has 0 saturated heterocycles. The quantitative estimate of drug-likeness (QED) is 0.502. The van der Waals surface area contributed by atoms with Crippen molar-refractivity contribution in [2.45, 2.75) is 31.2 Å². The molecule has 0 spiro atoms. The third-order valence-electron chi connectivity index (χ3n) is 4.29. The summed E-state index contributed by atoms with van der Waals surface area (Å²) in [5.41, 5.74) is 1.39. The van der Waals surface area contributed by atoms with Gasteiger partial charge in [0.05, 0.1) is 10.6 Å². The zero-order valence-corrected chi connectivity index (χ0v) is 17.5. The minimum atomic E-state index is -0.612. The molecule has 0 saturated carbocycles. The molecule has 2 N–H and O–H groups in total. The number of carbonyl (C=O) groups excluding carboxylic acids is 2. The Morgan fingerprint density at radius 2 is 1.89 bits per heavy atom. The van der Waals surface area contributed by atoms with Crippen LogP contribution in [-0.4, -0.2) is 26.7 Å². The third-order valence-corrected chi connectivity index (χ3v) is 6.53. The molecule has 0 aliphatic heterocycles. The lowest BCUT2D eigenvalue weighted by Gasteiger charge is -2.13. The van der Waals surface area contributed by atoms with Crippen molar-refractivity contribution in [1.82, 2.24) is 14.9 Å². The molecule has 2 heterocycles. The van der Waals surface area contributed by atoms with E-state index in [9.17, 15) is 14.4 Å². The fraction of sp³-hybridized carbons (Fsp3) is 0.263. The van der Waals surface area contributed by atoms with Crippen LogP contribution in [-0.2, 0) is 11.8 Å². The molecule has 0 aliphatic rings. The molecule has 0 aliphatic carbocycles. The number of thiophene rings is 1. The number of benzene rings is 1. The van der Waals surface area contributed by atoms with Crippen molar-refractivity contribution < 1.29 is 9.59 Å². The van der Waals surface area contributed by atoms with Crippen LogP contribution in [0.5, 0.6) is 0 Å². The van der Waals surface area contributed by atoms with E-state index in [0.717, 1.165) is 22.2 Å². The number of carbonyl (C=O) groups is 2. The van der Waals surface area contributed by atoms with Gasteiger partial charge in [0, 0.05) is 17.6 Å². The first-order valence-electron chi connectivity index (χ1n) is 8.58. The van der Waals surface area contributed by atoms with E-state index in [4.69, 9.17) is 0 Å². The minimum Gasteiger partial charge on any atom is -0.308 e. The molecule has 146 valence electrons. The standard InChI is InChI=1S/C19H20N4O3S2/c1-10-11(2)27-16-14(10)17(25)23(4)19(22-16)28-12(3)15(24)21-18(26)20-13-8-6-5-7-9-13/h5-9,12H,1-4H3,(H2,20,21,24,26). The summed E-state index contributed by atoms with van der Waals surface area (Å²) in [4.78, 5) is 43.3. The number of anilines is 1. The molecule has 0 fully saturated rings. The number of hydrogen-bond acceptors (Lipinski definition) is 6. The molecule has 28 heavy (non-hydrogen) atoms. The number of aromatic nitrogens is 2. The average molecular weight is 417 g/mol. The third kappa shape index (κ3) is 4.10. The monoisotopic (exact) mass is 416 g/mol. The van der Waals surface area contributed by atoms with Gasteiger partial charge in [-0.15, -0.1) is 11.3 Å². The Kier molecular flexibility index (Phi) is 5.85. The van der Waals surface area contributed by atoms with Gasteiger partial charge < -0.3 is 5.32 Å². The summed E-state index contributed by atoms with van der Waals surface area (Å²) in [6.45, 7) is 5.53.